The van der Waals surface area contributed by atoms with E-state index in [4.69, 9.17) is 14.2 Å². The van der Waals surface area contributed by atoms with Crippen LogP contribution in [0.5, 0.6) is 0 Å². The van der Waals surface area contributed by atoms with E-state index in [2.05, 4.69) is 27.7 Å². The van der Waals surface area contributed by atoms with E-state index in [-0.39, 0.29) is 31.1 Å². The maximum absolute atomic E-state index is 12.8. The Morgan fingerprint density at radius 2 is 0.565 bits per heavy atom. The minimum Gasteiger partial charge on any atom is -0.462 e. The van der Waals surface area contributed by atoms with E-state index < -0.39 is 6.10 Å². The highest BCUT2D eigenvalue weighted by Crippen LogP contribution is 2.18. The van der Waals surface area contributed by atoms with Gasteiger partial charge in [0.2, 0.25) is 0 Å². The van der Waals surface area contributed by atoms with Crippen molar-refractivity contribution in [1.82, 2.24) is 0 Å². The molecule has 0 aromatic carbocycles. The third-order valence-corrected chi connectivity index (χ3v) is 13.2. The summed E-state index contributed by atoms with van der Waals surface area (Å²) in [6, 6.07) is 0. The number of ether oxygens (including phenoxy) is 3. The first-order valence-corrected chi connectivity index (χ1v) is 27.9. The van der Waals surface area contributed by atoms with Gasteiger partial charge in [0.25, 0.3) is 0 Å². The maximum atomic E-state index is 12.8. The van der Waals surface area contributed by atoms with E-state index in [9.17, 15) is 14.4 Å². The molecule has 0 aliphatic carbocycles. The average molecular weight is 877 g/mol. The van der Waals surface area contributed by atoms with E-state index >= 15 is 0 Å². The van der Waals surface area contributed by atoms with Crippen LogP contribution in [0, 0.1) is 5.92 Å². The summed E-state index contributed by atoms with van der Waals surface area (Å²) in [7, 11) is 0. The Kier molecular flexibility index (Phi) is 49.1. The van der Waals surface area contributed by atoms with Crippen molar-refractivity contribution < 1.29 is 28.6 Å². The molecule has 0 aliphatic heterocycles. The molecule has 0 radical (unpaired) electrons. The van der Waals surface area contributed by atoms with E-state index in [1.54, 1.807) is 0 Å². The number of carbonyl (C=O) groups is 3. The molecule has 0 aromatic rings. The SMILES string of the molecule is CCCCCCCCCCCCCCCCCCCCCC(=O)O[C@H](COC(=O)CCCCCCCCC)COC(=O)CCCCCCCCCCCCCCCCC(C)CC. The van der Waals surface area contributed by atoms with Crippen molar-refractivity contribution in [3.63, 3.8) is 0 Å². The van der Waals surface area contributed by atoms with Crippen molar-refractivity contribution >= 4 is 17.9 Å². The highest BCUT2D eigenvalue weighted by molar-refractivity contribution is 5.71. The molecule has 1 unspecified atom stereocenters. The topological polar surface area (TPSA) is 78.9 Å². The molecule has 62 heavy (non-hydrogen) atoms. The minimum absolute atomic E-state index is 0.0628. The molecule has 0 bridgehead atoms. The predicted octanol–water partition coefficient (Wildman–Crippen LogP) is 18.2. The first kappa shape index (κ1) is 60.4. The summed E-state index contributed by atoms with van der Waals surface area (Å²) in [4.78, 5) is 37.9. The van der Waals surface area contributed by atoms with E-state index in [0.717, 1.165) is 63.7 Å². The van der Waals surface area contributed by atoms with Crippen LogP contribution < -0.4 is 0 Å². The summed E-state index contributed by atoms with van der Waals surface area (Å²) < 4.78 is 16.8. The Bertz CT molecular complexity index is 935. The van der Waals surface area contributed by atoms with Gasteiger partial charge in [-0.25, -0.2) is 0 Å². The number of hydrogen-bond acceptors (Lipinski definition) is 6. The molecule has 0 rings (SSSR count). The van der Waals surface area contributed by atoms with Crippen molar-refractivity contribution in [2.24, 2.45) is 5.92 Å². The fourth-order valence-electron chi connectivity index (χ4n) is 8.54. The molecule has 0 N–H and O–H groups in total. The minimum atomic E-state index is -0.760. The second kappa shape index (κ2) is 50.4. The third kappa shape index (κ3) is 47.9. The molecule has 0 saturated carbocycles. The molecule has 368 valence electrons. The van der Waals surface area contributed by atoms with Gasteiger partial charge in [0.05, 0.1) is 0 Å². The van der Waals surface area contributed by atoms with Crippen LogP contribution in [0.2, 0.25) is 0 Å². The monoisotopic (exact) mass is 877 g/mol. The maximum Gasteiger partial charge on any atom is 0.306 e. The van der Waals surface area contributed by atoms with Gasteiger partial charge in [-0.2, -0.15) is 0 Å². The molecular formula is C56H108O6. The van der Waals surface area contributed by atoms with Crippen molar-refractivity contribution in [3.05, 3.63) is 0 Å². The zero-order valence-electron chi connectivity index (χ0n) is 42.3. The molecule has 0 aliphatic rings. The molecule has 2 atom stereocenters. The molecule has 0 heterocycles. The lowest BCUT2D eigenvalue weighted by Gasteiger charge is -2.18. The fourth-order valence-corrected chi connectivity index (χ4v) is 8.54. The smallest absolute Gasteiger partial charge is 0.306 e. The first-order chi connectivity index (χ1) is 30.4. The van der Waals surface area contributed by atoms with Gasteiger partial charge < -0.3 is 14.2 Å². The van der Waals surface area contributed by atoms with Gasteiger partial charge in [0.15, 0.2) is 6.10 Å². The van der Waals surface area contributed by atoms with Gasteiger partial charge in [-0.1, -0.05) is 278 Å². The van der Waals surface area contributed by atoms with E-state index in [0.29, 0.717) is 19.3 Å². The Morgan fingerprint density at radius 1 is 0.323 bits per heavy atom. The van der Waals surface area contributed by atoms with E-state index in [1.807, 2.05) is 0 Å². The average Bonchev–Trinajstić information content (AvgIpc) is 3.27. The zero-order chi connectivity index (χ0) is 45.2. The standard InChI is InChI=1S/C56H108O6/c1-5-8-10-12-14-15-16-17-18-19-20-21-22-27-30-33-37-41-45-49-56(59)62-53(50-60-54(57)47-43-39-34-13-11-9-6-2)51-61-55(58)48-44-40-36-32-29-26-24-23-25-28-31-35-38-42-46-52(4)7-3/h52-53H,5-51H2,1-4H3/t52?,53-/m1/s1. The number of unbranched alkanes of at least 4 members (excludes halogenated alkanes) is 37. The predicted molar refractivity (Wildman–Crippen MR) is 266 cm³/mol. The normalized spacial score (nSPS) is 12.4. The van der Waals surface area contributed by atoms with Gasteiger partial charge in [-0.15, -0.1) is 0 Å². The number of carbonyl (C=O) groups excluding carboxylic acids is 3. The highest BCUT2D eigenvalue weighted by atomic mass is 16.6. The zero-order valence-corrected chi connectivity index (χ0v) is 42.3. The van der Waals surface area contributed by atoms with Gasteiger partial charge in [-0.3, -0.25) is 14.4 Å². The summed E-state index contributed by atoms with van der Waals surface area (Å²) in [5.74, 6) is 0.0493. The van der Waals surface area contributed by atoms with Gasteiger partial charge >= 0.3 is 17.9 Å². The van der Waals surface area contributed by atoms with Crippen molar-refractivity contribution in [2.45, 2.75) is 323 Å². The number of rotatable bonds is 51. The molecule has 0 fully saturated rings. The van der Waals surface area contributed by atoms with Crippen molar-refractivity contribution in [2.75, 3.05) is 13.2 Å². The molecule has 6 heteroatoms. The van der Waals surface area contributed by atoms with Crippen LogP contribution in [0.1, 0.15) is 317 Å². The van der Waals surface area contributed by atoms with Crippen LogP contribution in [0.4, 0.5) is 0 Å². The lowest BCUT2D eigenvalue weighted by Crippen LogP contribution is -2.30. The van der Waals surface area contributed by atoms with Crippen LogP contribution in [0.3, 0.4) is 0 Å². The lowest BCUT2D eigenvalue weighted by atomic mass is 9.99. The molecule has 0 saturated heterocycles. The fraction of sp³-hybridized carbons (Fsp3) is 0.946. The Morgan fingerprint density at radius 3 is 0.839 bits per heavy atom. The summed E-state index contributed by atoms with van der Waals surface area (Å²) in [5.41, 5.74) is 0. The second-order valence-corrected chi connectivity index (χ2v) is 19.5. The van der Waals surface area contributed by atoms with Crippen LogP contribution in [-0.2, 0) is 28.6 Å². The van der Waals surface area contributed by atoms with Gasteiger partial charge in [0.1, 0.15) is 13.2 Å². The molecule has 0 aromatic heterocycles. The summed E-state index contributed by atoms with van der Waals surface area (Å²) in [5, 5.41) is 0. The summed E-state index contributed by atoms with van der Waals surface area (Å²) >= 11 is 0. The van der Waals surface area contributed by atoms with Gasteiger partial charge in [-0.05, 0) is 25.2 Å². The van der Waals surface area contributed by atoms with Crippen LogP contribution >= 0.6 is 0 Å². The lowest BCUT2D eigenvalue weighted by molar-refractivity contribution is -0.167. The van der Waals surface area contributed by atoms with E-state index in [1.165, 1.54) is 212 Å². The largest absolute Gasteiger partial charge is 0.462 e. The molecular weight excluding hydrogens is 769 g/mol. The van der Waals surface area contributed by atoms with Crippen molar-refractivity contribution in [3.8, 4) is 0 Å². The van der Waals surface area contributed by atoms with Crippen LogP contribution in [0.25, 0.3) is 0 Å². The third-order valence-electron chi connectivity index (χ3n) is 13.2. The first-order valence-electron chi connectivity index (χ1n) is 27.9. The molecule has 0 amide bonds. The number of hydrogen-bond donors (Lipinski definition) is 0. The van der Waals surface area contributed by atoms with Crippen LogP contribution in [-0.4, -0.2) is 37.2 Å². The number of esters is 3. The Hall–Kier alpha value is -1.59. The second-order valence-electron chi connectivity index (χ2n) is 19.5. The quantitative estimate of drug-likeness (QED) is 0.0344. The Balaban J connectivity index is 4.15. The summed E-state index contributed by atoms with van der Waals surface area (Å²) in [6.45, 7) is 9.05. The van der Waals surface area contributed by atoms with Crippen LogP contribution in [0.15, 0.2) is 0 Å². The summed E-state index contributed by atoms with van der Waals surface area (Å²) in [6.07, 6.45) is 53.9. The van der Waals surface area contributed by atoms with Crippen molar-refractivity contribution in [1.29, 1.82) is 0 Å². The molecule has 6 nitrogen and oxygen atoms in total. The van der Waals surface area contributed by atoms with Gasteiger partial charge in [0, 0.05) is 19.3 Å². The highest BCUT2D eigenvalue weighted by Gasteiger charge is 2.19. The molecule has 0 spiro atoms. The Labute approximate surface area is 387 Å².